The van der Waals surface area contributed by atoms with Crippen LogP contribution in [0.3, 0.4) is 0 Å². The molecule has 110 valence electrons. The molecule has 0 atom stereocenters. The number of carboxylic acids is 1. The first-order valence-corrected chi connectivity index (χ1v) is 7.07. The van der Waals surface area contributed by atoms with Gasteiger partial charge in [0.1, 0.15) is 6.33 Å². The molecule has 0 radical (unpaired) electrons. The fourth-order valence-electron chi connectivity index (χ4n) is 2.31. The third-order valence-electron chi connectivity index (χ3n) is 3.38. The number of rotatable bonds is 3. The van der Waals surface area contributed by atoms with E-state index in [9.17, 15) is 9.90 Å². The van der Waals surface area contributed by atoms with Crippen molar-refractivity contribution in [2.75, 3.05) is 0 Å². The smallest absolute Gasteiger partial charge is 0.356 e. The summed E-state index contributed by atoms with van der Waals surface area (Å²) in [6.45, 7) is 1.98. The second kappa shape index (κ2) is 5.66. The third kappa shape index (κ3) is 2.61. The first kappa shape index (κ1) is 14.4. The van der Waals surface area contributed by atoms with Gasteiger partial charge in [0.25, 0.3) is 0 Å². The van der Waals surface area contributed by atoms with Gasteiger partial charge in [-0.3, -0.25) is 4.57 Å². The molecule has 1 heterocycles. The fraction of sp³-hybridized carbons (Fsp3) is 0.0588. The van der Waals surface area contributed by atoms with E-state index in [4.69, 9.17) is 11.6 Å². The Kier molecular flexibility index (Phi) is 3.69. The molecule has 22 heavy (non-hydrogen) atoms. The zero-order valence-corrected chi connectivity index (χ0v) is 12.6. The highest BCUT2D eigenvalue weighted by molar-refractivity contribution is 6.30. The number of imidazole rings is 1. The van der Waals surface area contributed by atoms with Crippen LogP contribution in [0.25, 0.3) is 16.9 Å². The van der Waals surface area contributed by atoms with E-state index in [1.54, 1.807) is 16.7 Å². The van der Waals surface area contributed by atoms with E-state index < -0.39 is 5.97 Å². The lowest BCUT2D eigenvalue weighted by Crippen LogP contribution is -2.02. The molecule has 0 aliphatic heterocycles. The minimum Gasteiger partial charge on any atom is -0.476 e. The molecule has 0 bridgehead atoms. The van der Waals surface area contributed by atoms with Crippen LogP contribution in [-0.4, -0.2) is 20.6 Å². The predicted molar refractivity (Wildman–Crippen MR) is 85.7 cm³/mol. The third-order valence-corrected chi connectivity index (χ3v) is 3.62. The second-order valence-corrected chi connectivity index (χ2v) is 5.40. The van der Waals surface area contributed by atoms with Crippen LogP contribution in [0.15, 0.2) is 54.9 Å². The maximum atomic E-state index is 11.5. The van der Waals surface area contributed by atoms with Crippen LogP contribution < -0.4 is 0 Å². The Morgan fingerprint density at radius 2 is 1.91 bits per heavy atom. The molecule has 0 amide bonds. The van der Waals surface area contributed by atoms with Gasteiger partial charge in [-0.15, -0.1) is 0 Å². The standard InChI is InChI=1S/C17H13ClN2O2/c1-11-5-7-12(8-6-11)16-15(17(21)22)19-10-20(16)14-4-2-3-13(18)9-14/h2-10H,1H3,(H,21,22). The van der Waals surface area contributed by atoms with Gasteiger partial charge in [-0.25, -0.2) is 9.78 Å². The van der Waals surface area contributed by atoms with Gasteiger partial charge in [0.2, 0.25) is 0 Å². The lowest BCUT2D eigenvalue weighted by molar-refractivity contribution is 0.0692. The van der Waals surface area contributed by atoms with Gasteiger partial charge in [-0.2, -0.15) is 0 Å². The summed E-state index contributed by atoms with van der Waals surface area (Å²) in [4.78, 5) is 15.5. The van der Waals surface area contributed by atoms with Crippen LogP contribution in [0.2, 0.25) is 5.02 Å². The van der Waals surface area contributed by atoms with E-state index in [1.165, 1.54) is 6.33 Å². The molecular weight excluding hydrogens is 300 g/mol. The Bertz CT molecular complexity index is 838. The molecule has 0 saturated heterocycles. The first-order valence-electron chi connectivity index (χ1n) is 6.70. The van der Waals surface area contributed by atoms with Gasteiger partial charge < -0.3 is 5.11 Å². The number of carboxylic acid groups (broad SMARTS) is 1. The Morgan fingerprint density at radius 1 is 1.18 bits per heavy atom. The Balaban J connectivity index is 2.24. The summed E-state index contributed by atoms with van der Waals surface area (Å²) in [5, 5.41) is 9.98. The highest BCUT2D eigenvalue weighted by Crippen LogP contribution is 2.28. The summed E-state index contributed by atoms with van der Waals surface area (Å²) in [5.41, 5.74) is 3.22. The lowest BCUT2D eigenvalue weighted by Gasteiger charge is -2.10. The molecular formula is C17H13ClN2O2. The molecule has 2 aromatic carbocycles. The van der Waals surface area contributed by atoms with Crippen molar-refractivity contribution in [3.8, 4) is 16.9 Å². The monoisotopic (exact) mass is 312 g/mol. The predicted octanol–water partition coefficient (Wildman–Crippen LogP) is 4.20. The SMILES string of the molecule is Cc1ccc(-c2c(C(=O)O)ncn2-c2cccc(Cl)c2)cc1. The average molecular weight is 313 g/mol. The van der Waals surface area contributed by atoms with Gasteiger partial charge in [-0.05, 0) is 25.1 Å². The molecule has 5 heteroatoms. The van der Waals surface area contributed by atoms with Crippen molar-refractivity contribution >= 4 is 17.6 Å². The summed E-state index contributed by atoms with van der Waals surface area (Å²) >= 11 is 6.03. The fourth-order valence-corrected chi connectivity index (χ4v) is 2.50. The number of carbonyl (C=O) groups is 1. The number of halogens is 1. The maximum absolute atomic E-state index is 11.5. The van der Waals surface area contributed by atoms with Gasteiger partial charge in [0.05, 0.1) is 5.69 Å². The number of aromatic carboxylic acids is 1. The van der Waals surface area contributed by atoms with Gasteiger partial charge in [-0.1, -0.05) is 47.5 Å². The molecule has 0 unspecified atom stereocenters. The zero-order chi connectivity index (χ0) is 15.7. The summed E-state index contributed by atoms with van der Waals surface area (Å²) in [7, 11) is 0. The average Bonchev–Trinajstić information content (AvgIpc) is 2.93. The molecule has 4 nitrogen and oxygen atoms in total. The molecule has 3 rings (SSSR count). The van der Waals surface area contributed by atoms with E-state index >= 15 is 0 Å². The zero-order valence-electron chi connectivity index (χ0n) is 11.8. The molecule has 0 fully saturated rings. The number of aromatic nitrogens is 2. The molecule has 3 aromatic rings. The molecule has 1 aromatic heterocycles. The minimum atomic E-state index is -1.06. The second-order valence-electron chi connectivity index (χ2n) is 4.96. The van der Waals surface area contributed by atoms with Crippen LogP contribution in [0.4, 0.5) is 0 Å². The lowest BCUT2D eigenvalue weighted by atomic mass is 10.1. The van der Waals surface area contributed by atoms with Gasteiger partial charge in [0, 0.05) is 16.3 Å². The van der Waals surface area contributed by atoms with Crippen molar-refractivity contribution in [2.45, 2.75) is 6.92 Å². The minimum absolute atomic E-state index is 0.0174. The van der Waals surface area contributed by atoms with Gasteiger partial charge in [0.15, 0.2) is 5.69 Å². The van der Waals surface area contributed by atoms with Crippen LogP contribution in [0.1, 0.15) is 16.1 Å². The quantitative estimate of drug-likeness (QED) is 0.788. The Hall–Kier alpha value is -2.59. The number of benzene rings is 2. The molecule has 0 aliphatic rings. The van der Waals surface area contributed by atoms with E-state index in [2.05, 4.69) is 4.98 Å². The largest absolute Gasteiger partial charge is 0.476 e. The highest BCUT2D eigenvalue weighted by atomic mass is 35.5. The van der Waals surface area contributed by atoms with Crippen molar-refractivity contribution in [1.29, 1.82) is 0 Å². The maximum Gasteiger partial charge on any atom is 0.356 e. The van der Waals surface area contributed by atoms with Gasteiger partial charge >= 0.3 is 5.97 Å². The van der Waals surface area contributed by atoms with Crippen LogP contribution >= 0.6 is 11.6 Å². The summed E-state index contributed by atoms with van der Waals surface area (Å²) in [5.74, 6) is -1.06. The number of hydrogen-bond acceptors (Lipinski definition) is 2. The van der Waals surface area contributed by atoms with E-state index in [1.807, 2.05) is 43.3 Å². The molecule has 0 spiro atoms. The Labute approximate surface area is 132 Å². The summed E-state index contributed by atoms with van der Waals surface area (Å²) < 4.78 is 1.74. The van der Waals surface area contributed by atoms with E-state index in [0.717, 1.165) is 16.8 Å². The molecule has 0 aliphatic carbocycles. The van der Waals surface area contributed by atoms with E-state index in [0.29, 0.717) is 10.7 Å². The molecule has 0 saturated carbocycles. The number of nitrogens with zero attached hydrogens (tertiary/aromatic N) is 2. The summed E-state index contributed by atoms with van der Waals surface area (Å²) in [6, 6.07) is 14.9. The Morgan fingerprint density at radius 3 is 2.55 bits per heavy atom. The van der Waals surface area contributed by atoms with Crippen LogP contribution in [0.5, 0.6) is 0 Å². The highest BCUT2D eigenvalue weighted by Gasteiger charge is 2.19. The van der Waals surface area contributed by atoms with Crippen molar-refractivity contribution in [3.63, 3.8) is 0 Å². The summed E-state index contributed by atoms with van der Waals surface area (Å²) in [6.07, 6.45) is 1.50. The van der Waals surface area contributed by atoms with Crippen molar-refractivity contribution in [2.24, 2.45) is 0 Å². The van der Waals surface area contributed by atoms with Crippen molar-refractivity contribution in [3.05, 3.63) is 71.1 Å². The molecule has 1 N–H and O–H groups in total. The van der Waals surface area contributed by atoms with Crippen molar-refractivity contribution < 1.29 is 9.90 Å². The van der Waals surface area contributed by atoms with Crippen LogP contribution in [0, 0.1) is 6.92 Å². The topological polar surface area (TPSA) is 55.1 Å². The number of aryl methyl sites for hydroxylation is 1. The van der Waals surface area contributed by atoms with E-state index in [-0.39, 0.29) is 5.69 Å². The van der Waals surface area contributed by atoms with Crippen molar-refractivity contribution in [1.82, 2.24) is 9.55 Å². The van der Waals surface area contributed by atoms with Crippen LogP contribution in [-0.2, 0) is 0 Å². The normalized spacial score (nSPS) is 10.6. The first-order chi connectivity index (χ1) is 10.6. The number of hydrogen-bond donors (Lipinski definition) is 1.